The second-order valence-corrected chi connectivity index (χ2v) is 5.08. The molecule has 0 N–H and O–H groups in total. The minimum Gasteiger partial charge on any atom is -0.489 e. The smallest absolute Gasteiger partial charge is 0.123 e. The summed E-state index contributed by atoms with van der Waals surface area (Å²) in [4.78, 5) is 0. The van der Waals surface area contributed by atoms with E-state index in [0.29, 0.717) is 6.61 Å². The highest BCUT2D eigenvalue weighted by molar-refractivity contribution is 9.08. The van der Waals surface area contributed by atoms with Crippen LogP contribution in [0.4, 0.5) is 0 Å². The van der Waals surface area contributed by atoms with E-state index in [1.807, 2.05) is 23.6 Å². The molecule has 16 heavy (non-hydrogen) atoms. The van der Waals surface area contributed by atoms with Crippen LogP contribution >= 0.6 is 38.9 Å². The Hall–Kier alpha value is -0.510. The van der Waals surface area contributed by atoms with Crippen LogP contribution in [-0.2, 0) is 11.9 Å². The van der Waals surface area contributed by atoms with Gasteiger partial charge in [-0.2, -0.15) is 11.3 Å². The third-order valence-corrected chi connectivity index (χ3v) is 3.71. The molecule has 1 aromatic heterocycles. The third kappa shape index (κ3) is 3.00. The summed E-state index contributed by atoms with van der Waals surface area (Å²) < 4.78 is 5.75. The average molecular weight is 318 g/mol. The van der Waals surface area contributed by atoms with E-state index < -0.39 is 0 Å². The van der Waals surface area contributed by atoms with Crippen LogP contribution < -0.4 is 4.74 Å². The van der Waals surface area contributed by atoms with Crippen molar-refractivity contribution in [3.63, 3.8) is 0 Å². The number of ether oxygens (including phenoxy) is 1. The maximum Gasteiger partial charge on any atom is 0.123 e. The molecule has 0 fully saturated rings. The monoisotopic (exact) mass is 316 g/mol. The molecule has 0 bridgehead atoms. The third-order valence-electron chi connectivity index (χ3n) is 2.14. The lowest BCUT2D eigenvalue weighted by Gasteiger charge is -2.09. The van der Waals surface area contributed by atoms with Crippen molar-refractivity contribution in [2.24, 2.45) is 0 Å². The zero-order valence-corrected chi connectivity index (χ0v) is 11.6. The minimum atomic E-state index is 0.602. The minimum absolute atomic E-state index is 0.602. The molecule has 0 saturated heterocycles. The van der Waals surface area contributed by atoms with Crippen molar-refractivity contribution in [1.82, 2.24) is 0 Å². The predicted molar refractivity (Wildman–Crippen MR) is 72.7 cm³/mol. The van der Waals surface area contributed by atoms with Crippen molar-refractivity contribution in [1.29, 1.82) is 0 Å². The average Bonchev–Trinajstić information content (AvgIpc) is 2.80. The normalized spacial score (nSPS) is 10.4. The summed E-state index contributed by atoms with van der Waals surface area (Å²) in [5.41, 5.74) is 2.27. The molecule has 2 aromatic rings. The van der Waals surface area contributed by atoms with Crippen LogP contribution in [0.15, 0.2) is 35.0 Å². The van der Waals surface area contributed by atoms with E-state index in [2.05, 4.69) is 27.4 Å². The van der Waals surface area contributed by atoms with Crippen LogP contribution in [0.5, 0.6) is 5.75 Å². The molecule has 0 saturated carbocycles. The summed E-state index contributed by atoms with van der Waals surface area (Å²) >= 11 is 11.0. The van der Waals surface area contributed by atoms with E-state index in [4.69, 9.17) is 16.3 Å². The number of hydrogen-bond acceptors (Lipinski definition) is 2. The van der Waals surface area contributed by atoms with Gasteiger partial charge in [-0.3, -0.25) is 0 Å². The van der Waals surface area contributed by atoms with Crippen molar-refractivity contribution in [2.45, 2.75) is 11.9 Å². The Morgan fingerprint density at radius 2 is 2.19 bits per heavy atom. The molecule has 2 rings (SSSR count). The van der Waals surface area contributed by atoms with Crippen LogP contribution in [0.3, 0.4) is 0 Å². The lowest BCUT2D eigenvalue weighted by Crippen LogP contribution is -1.96. The van der Waals surface area contributed by atoms with Gasteiger partial charge in [-0.1, -0.05) is 27.5 Å². The summed E-state index contributed by atoms with van der Waals surface area (Å²) in [5, 5.41) is 5.61. The molecule has 84 valence electrons. The van der Waals surface area contributed by atoms with Gasteiger partial charge in [0.2, 0.25) is 0 Å². The molecule has 0 atom stereocenters. The van der Waals surface area contributed by atoms with Gasteiger partial charge in [0.05, 0.1) is 0 Å². The maximum atomic E-state index is 5.92. The molecule has 0 spiro atoms. The van der Waals surface area contributed by atoms with Gasteiger partial charge in [0.15, 0.2) is 0 Å². The molecule has 0 aliphatic rings. The zero-order valence-electron chi connectivity index (χ0n) is 8.45. The molecule has 1 aromatic carbocycles. The summed E-state index contributed by atoms with van der Waals surface area (Å²) in [6, 6.07) is 7.73. The number of halogens is 2. The Morgan fingerprint density at radius 1 is 1.31 bits per heavy atom. The van der Waals surface area contributed by atoms with Gasteiger partial charge in [0.25, 0.3) is 0 Å². The molecule has 0 aliphatic heterocycles. The molecule has 0 amide bonds. The number of rotatable bonds is 4. The van der Waals surface area contributed by atoms with Gasteiger partial charge in [-0.25, -0.2) is 0 Å². The lowest BCUT2D eigenvalue weighted by molar-refractivity contribution is 0.304. The fraction of sp³-hybridized carbons (Fsp3) is 0.167. The Kier molecular flexibility index (Phi) is 4.27. The van der Waals surface area contributed by atoms with E-state index in [-0.39, 0.29) is 0 Å². The first-order valence-corrected chi connectivity index (χ1v) is 7.22. The van der Waals surface area contributed by atoms with Crippen molar-refractivity contribution in [3.05, 3.63) is 51.2 Å². The maximum absolute atomic E-state index is 5.92. The van der Waals surface area contributed by atoms with Crippen LogP contribution in [0.1, 0.15) is 11.1 Å². The van der Waals surface area contributed by atoms with E-state index in [1.54, 1.807) is 11.3 Å². The van der Waals surface area contributed by atoms with Crippen LogP contribution in [0.25, 0.3) is 0 Å². The Labute approximate surface area is 112 Å². The first-order chi connectivity index (χ1) is 7.79. The van der Waals surface area contributed by atoms with Crippen molar-refractivity contribution in [3.8, 4) is 5.75 Å². The van der Waals surface area contributed by atoms with Gasteiger partial charge in [0, 0.05) is 15.9 Å². The first-order valence-electron chi connectivity index (χ1n) is 4.78. The number of benzene rings is 1. The fourth-order valence-electron chi connectivity index (χ4n) is 1.33. The molecule has 1 nitrogen and oxygen atoms in total. The quantitative estimate of drug-likeness (QED) is 0.731. The number of alkyl halides is 1. The molecular weight excluding hydrogens is 308 g/mol. The van der Waals surface area contributed by atoms with Crippen LogP contribution in [0.2, 0.25) is 5.02 Å². The summed E-state index contributed by atoms with van der Waals surface area (Å²) in [7, 11) is 0. The Bertz CT molecular complexity index is 456. The van der Waals surface area contributed by atoms with Crippen LogP contribution in [0, 0.1) is 0 Å². The Morgan fingerprint density at radius 3 is 2.88 bits per heavy atom. The number of thiophene rings is 1. The highest BCUT2D eigenvalue weighted by atomic mass is 79.9. The standard InChI is InChI=1S/C12H10BrClOS/c13-6-10-5-11(14)1-2-12(10)15-7-9-3-4-16-8-9/h1-5,8H,6-7H2. The fourth-order valence-corrected chi connectivity index (χ4v) is 2.62. The Balaban J connectivity index is 2.09. The molecular formula is C12H10BrClOS. The topological polar surface area (TPSA) is 9.23 Å². The van der Waals surface area contributed by atoms with Crippen molar-refractivity contribution >= 4 is 38.9 Å². The molecule has 0 radical (unpaired) electrons. The summed E-state index contributed by atoms with van der Waals surface area (Å²) in [5.74, 6) is 0.882. The molecule has 4 heteroatoms. The van der Waals surface area contributed by atoms with Crippen LogP contribution in [-0.4, -0.2) is 0 Å². The molecule has 1 heterocycles. The summed E-state index contributed by atoms with van der Waals surface area (Å²) in [6.45, 7) is 0.602. The van der Waals surface area contributed by atoms with Crippen molar-refractivity contribution in [2.75, 3.05) is 0 Å². The highest BCUT2D eigenvalue weighted by Gasteiger charge is 2.04. The van der Waals surface area contributed by atoms with Gasteiger partial charge in [-0.05, 0) is 40.6 Å². The molecule has 0 unspecified atom stereocenters. The van der Waals surface area contributed by atoms with Gasteiger partial charge < -0.3 is 4.74 Å². The summed E-state index contributed by atoms with van der Waals surface area (Å²) in [6.07, 6.45) is 0. The highest BCUT2D eigenvalue weighted by Crippen LogP contribution is 2.25. The second-order valence-electron chi connectivity index (χ2n) is 3.31. The predicted octanol–water partition coefficient (Wildman–Crippen LogP) is 4.88. The second kappa shape index (κ2) is 5.71. The molecule has 0 aliphatic carbocycles. The van der Waals surface area contributed by atoms with Gasteiger partial charge in [0.1, 0.15) is 12.4 Å². The zero-order chi connectivity index (χ0) is 11.4. The van der Waals surface area contributed by atoms with E-state index >= 15 is 0 Å². The van der Waals surface area contributed by atoms with Crippen molar-refractivity contribution < 1.29 is 4.74 Å². The van der Waals surface area contributed by atoms with Gasteiger partial charge >= 0.3 is 0 Å². The first kappa shape index (κ1) is 12.0. The number of hydrogen-bond donors (Lipinski definition) is 0. The largest absolute Gasteiger partial charge is 0.489 e. The van der Waals surface area contributed by atoms with E-state index in [0.717, 1.165) is 21.7 Å². The lowest BCUT2D eigenvalue weighted by atomic mass is 10.2. The van der Waals surface area contributed by atoms with Gasteiger partial charge in [-0.15, -0.1) is 0 Å². The SMILES string of the molecule is Clc1ccc(OCc2ccsc2)c(CBr)c1. The van der Waals surface area contributed by atoms with E-state index in [1.165, 1.54) is 5.56 Å². The van der Waals surface area contributed by atoms with E-state index in [9.17, 15) is 0 Å².